The molecule has 1 fully saturated rings. The first-order valence-corrected chi connectivity index (χ1v) is 6.76. The normalized spacial score (nSPS) is 20.1. The van der Waals surface area contributed by atoms with Crippen molar-refractivity contribution in [3.8, 4) is 0 Å². The van der Waals surface area contributed by atoms with Crippen LogP contribution in [-0.2, 0) is 9.59 Å². The second kappa shape index (κ2) is 6.06. The van der Waals surface area contributed by atoms with Crippen molar-refractivity contribution in [2.75, 3.05) is 13.1 Å². The molecule has 0 saturated carbocycles. The lowest BCUT2D eigenvalue weighted by molar-refractivity contribution is -0.130. The molecule has 102 valence electrons. The van der Waals surface area contributed by atoms with E-state index in [-0.39, 0.29) is 17.9 Å². The van der Waals surface area contributed by atoms with E-state index in [1.165, 1.54) is 6.92 Å². The summed E-state index contributed by atoms with van der Waals surface area (Å²) in [5, 5.41) is 2.17. The monoisotopic (exact) mass is 280 g/mol. The van der Waals surface area contributed by atoms with E-state index < -0.39 is 5.38 Å². The number of alkyl halides is 1. The maximum atomic E-state index is 12.3. The smallest absolute Gasteiger partial charge is 0.245 e. The molecule has 1 heterocycles. The van der Waals surface area contributed by atoms with Gasteiger partial charge in [0.25, 0.3) is 0 Å². The van der Waals surface area contributed by atoms with Crippen molar-refractivity contribution in [3.05, 3.63) is 35.9 Å². The van der Waals surface area contributed by atoms with Gasteiger partial charge in [-0.2, -0.15) is 0 Å². The average Bonchev–Trinajstić information content (AvgIpc) is 2.85. The van der Waals surface area contributed by atoms with Gasteiger partial charge in [0, 0.05) is 26.1 Å². The number of halogens is 1. The third kappa shape index (κ3) is 3.47. The van der Waals surface area contributed by atoms with E-state index in [1.807, 2.05) is 30.3 Å². The van der Waals surface area contributed by atoms with Crippen molar-refractivity contribution in [2.45, 2.75) is 24.8 Å². The number of nitrogens with one attached hydrogen (secondary N) is 1. The Kier molecular flexibility index (Phi) is 4.43. The molecular weight excluding hydrogens is 264 g/mol. The molecule has 2 unspecified atom stereocenters. The summed E-state index contributed by atoms with van der Waals surface area (Å²) in [5.74, 6) is -0.162. The Morgan fingerprint density at radius 1 is 1.37 bits per heavy atom. The fourth-order valence-electron chi connectivity index (χ4n) is 2.29. The van der Waals surface area contributed by atoms with Gasteiger partial charge in [-0.3, -0.25) is 9.59 Å². The molecule has 1 aromatic carbocycles. The molecule has 2 amide bonds. The average molecular weight is 281 g/mol. The van der Waals surface area contributed by atoms with E-state index in [9.17, 15) is 9.59 Å². The van der Waals surface area contributed by atoms with Crippen LogP contribution in [0.3, 0.4) is 0 Å². The molecule has 0 aromatic heterocycles. The summed E-state index contributed by atoms with van der Waals surface area (Å²) in [5.41, 5.74) is 0.803. The minimum atomic E-state index is -0.655. The number of rotatable bonds is 3. The van der Waals surface area contributed by atoms with E-state index in [1.54, 1.807) is 4.90 Å². The topological polar surface area (TPSA) is 49.4 Å². The van der Waals surface area contributed by atoms with Crippen molar-refractivity contribution in [2.24, 2.45) is 0 Å². The van der Waals surface area contributed by atoms with Gasteiger partial charge in [0.15, 0.2) is 0 Å². The quantitative estimate of drug-likeness (QED) is 0.857. The van der Waals surface area contributed by atoms with Gasteiger partial charge in [0.05, 0.1) is 0 Å². The fraction of sp³-hybridized carbons (Fsp3) is 0.429. The summed E-state index contributed by atoms with van der Waals surface area (Å²) < 4.78 is 0. The predicted molar refractivity (Wildman–Crippen MR) is 73.8 cm³/mol. The number of hydrogen-bond acceptors (Lipinski definition) is 2. The first-order chi connectivity index (χ1) is 9.08. The number of carbonyl (C=O) groups excluding carboxylic acids is 2. The molecule has 0 aliphatic carbocycles. The van der Waals surface area contributed by atoms with Crippen LogP contribution in [0.5, 0.6) is 0 Å². The van der Waals surface area contributed by atoms with Crippen LogP contribution < -0.4 is 5.32 Å². The third-order valence-corrected chi connectivity index (χ3v) is 3.66. The van der Waals surface area contributed by atoms with E-state index in [0.717, 1.165) is 12.0 Å². The number of nitrogens with zero attached hydrogens (tertiary/aromatic N) is 1. The highest BCUT2D eigenvalue weighted by Gasteiger charge is 2.30. The van der Waals surface area contributed by atoms with Crippen LogP contribution in [0, 0.1) is 0 Å². The standard InChI is InChI=1S/C14H17ClN2O2/c1-10(18)16-12-7-8-17(9-12)14(19)13(15)11-5-3-2-4-6-11/h2-6,12-13H,7-9H2,1H3,(H,16,18). The number of hydrogen-bond donors (Lipinski definition) is 1. The molecule has 1 N–H and O–H groups in total. The van der Waals surface area contributed by atoms with E-state index in [4.69, 9.17) is 11.6 Å². The Balaban J connectivity index is 1.96. The lowest BCUT2D eigenvalue weighted by Crippen LogP contribution is -2.38. The van der Waals surface area contributed by atoms with E-state index in [2.05, 4.69) is 5.32 Å². The maximum absolute atomic E-state index is 12.3. The van der Waals surface area contributed by atoms with Gasteiger partial charge in [-0.15, -0.1) is 11.6 Å². The Morgan fingerprint density at radius 2 is 2.05 bits per heavy atom. The van der Waals surface area contributed by atoms with E-state index >= 15 is 0 Å². The Labute approximate surface area is 117 Å². The van der Waals surface area contributed by atoms with Gasteiger partial charge in [0.2, 0.25) is 11.8 Å². The second-order valence-corrected chi connectivity index (χ2v) is 5.18. The third-order valence-electron chi connectivity index (χ3n) is 3.22. The summed E-state index contributed by atoms with van der Waals surface area (Å²) >= 11 is 6.21. The van der Waals surface area contributed by atoms with Crippen LogP contribution in [0.4, 0.5) is 0 Å². The number of amides is 2. The molecule has 5 heteroatoms. The lowest BCUT2D eigenvalue weighted by atomic mass is 10.1. The van der Waals surface area contributed by atoms with Crippen LogP contribution in [0.2, 0.25) is 0 Å². The zero-order valence-corrected chi connectivity index (χ0v) is 11.6. The molecule has 1 aromatic rings. The molecule has 1 saturated heterocycles. The van der Waals surface area contributed by atoms with Crippen molar-refractivity contribution in [1.82, 2.24) is 10.2 Å². The van der Waals surface area contributed by atoms with Crippen molar-refractivity contribution < 1.29 is 9.59 Å². The van der Waals surface area contributed by atoms with Crippen molar-refractivity contribution >= 4 is 23.4 Å². The lowest BCUT2D eigenvalue weighted by Gasteiger charge is -2.20. The molecule has 2 rings (SSSR count). The van der Waals surface area contributed by atoms with Crippen LogP contribution in [0.15, 0.2) is 30.3 Å². The first kappa shape index (κ1) is 13.9. The van der Waals surface area contributed by atoms with Crippen LogP contribution in [-0.4, -0.2) is 35.8 Å². The molecular formula is C14H17ClN2O2. The van der Waals surface area contributed by atoms with Crippen LogP contribution in [0.1, 0.15) is 24.3 Å². The van der Waals surface area contributed by atoms with Gasteiger partial charge in [-0.25, -0.2) is 0 Å². The Morgan fingerprint density at radius 3 is 2.68 bits per heavy atom. The molecule has 0 bridgehead atoms. The summed E-state index contributed by atoms with van der Waals surface area (Å²) in [6.07, 6.45) is 0.781. The summed E-state index contributed by atoms with van der Waals surface area (Å²) in [6.45, 7) is 2.66. The molecule has 0 radical (unpaired) electrons. The van der Waals surface area contributed by atoms with Gasteiger partial charge < -0.3 is 10.2 Å². The SMILES string of the molecule is CC(=O)NC1CCN(C(=O)C(Cl)c2ccccc2)C1. The van der Waals surface area contributed by atoms with Crippen LogP contribution >= 0.6 is 11.6 Å². The van der Waals surface area contributed by atoms with Crippen LogP contribution in [0.25, 0.3) is 0 Å². The summed E-state index contributed by atoms with van der Waals surface area (Å²) in [7, 11) is 0. The molecule has 2 atom stereocenters. The highest BCUT2D eigenvalue weighted by Crippen LogP contribution is 2.24. The van der Waals surface area contributed by atoms with Gasteiger partial charge in [0.1, 0.15) is 5.38 Å². The number of likely N-dealkylation sites (tertiary alicyclic amines) is 1. The number of benzene rings is 1. The Bertz CT molecular complexity index is 464. The zero-order chi connectivity index (χ0) is 13.8. The van der Waals surface area contributed by atoms with Crippen molar-refractivity contribution in [3.63, 3.8) is 0 Å². The predicted octanol–water partition coefficient (Wildman–Crippen LogP) is 1.70. The van der Waals surface area contributed by atoms with Gasteiger partial charge in [-0.1, -0.05) is 30.3 Å². The minimum absolute atomic E-state index is 0.0427. The highest BCUT2D eigenvalue weighted by atomic mass is 35.5. The van der Waals surface area contributed by atoms with Gasteiger partial charge in [-0.05, 0) is 12.0 Å². The van der Waals surface area contributed by atoms with Gasteiger partial charge >= 0.3 is 0 Å². The molecule has 1 aliphatic rings. The number of carbonyl (C=O) groups is 2. The highest BCUT2D eigenvalue weighted by molar-refractivity contribution is 6.30. The zero-order valence-electron chi connectivity index (χ0n) is 10.8. The molecule has 0 spiro atoms. The summed E-state index contributed by atoms with van der Waals surface area (Å²) in [6, 6.07) is 9.35. The maximum Gasteiger partial charge on any atom is 0.245 e. The fourth-order valence-corrected chi connectivity index (χ4v) is 2.57. The first-order valence-electron chi connectivity index (χ1n) is 6.33. The molecule has 1 aliphatic heterocycles. The van der Waals surface area contributed by atoms with Crippen molar-refractivity contribution in [1.29, 1.82) is 0 Å². The second-order valence-electron chi connectivity index (χ2n) is 4.74. The summed E-state index contributed by atoms with van der Waals surface area (Å²) in [4.78, 5) is 25.0. The molecule has 4 nitrogen and oxygen atoms in total. The Hall–Kier alpha value is -1.55. The molecule has 19 heavy (non-hydrogen) atoms. The minimum Gasteiger partial charge on any atom is -0.352 e. The largest absolute Gasteiger partial charge is 0.352 e. The van der Waals surface area contributed by atoms with E-state index in [0.29, 0.717) is 13.1 Å².